The number of carbonyl (C=O) groups excluding carboxylic acids is 2. The lowest BCUT2D eigenvalue weighted by atomic mass is 10.2. The number of amides is 1. The molecule has 1 saturated heterocycles. The van der Waals surface area contributed by atoms with Crippen LogP contribution in [0.15, 0.2) is 54.6 Å². The van der Waals surface area contributed by atoms with Gasteiger partial charge in [0.1, 0.15) is 11.5 Å². The molecule has 0 N–H and O–H groups in total. The summed E-state index contributed by atoms with van der Waals surface area (Å²) in [5.41, 5.74) is 0.359. The molecule has 5 nitrogen and oxygen atoms in total. The molecule has 1 aliphatic rings. The molecule has 5 heteroatoms. The SMILES string of the molecule is O=C(OCC(=O)N1CCCC1)c1cccc(Oc2ccccc2)c1. The highest BCUT2D eigenvalue weighted by molar-refractivity contribution is 5.91. The van der Waals surface area contributed by atoms with Crippen molar-refractivity contribution in [1.82, 2.24) is 4.90 Å². The van der Waals surface area contributed by atoms with Crippen molar-refractivity contribution >= 4 is 11.9 Å². The molecule has 3 rings (SSSR count). The van der Waals surface area contributed by atoms with E-state index in [1.54, 1.807) is 29.2 Å². The summed E-state index contributed by atoms with van der Waals surface area (Å²) in [6, 6.07) is 16.0. The van der Waals surface area contributed by atoms with Gasteiger partial charge in [0.2, 0.25) is 0 Å². The summed E-state index contributed by atoms with van der Waals surface area (Å²) in [7, 11) is 0. The first-order valence-electron chi connectivity index (χ1n) is 8.00. The van der Waals surface area contributed by atoms with Gasteiger partial charge in [-0.1, -0.05) is 24.3 Å². The highest BCUT2D eigenvalue weighted by Crippen LogP contribution is 2.22. The van der Waals surface area contributed by atoms with Crippen LogP contribution in [0, 0.1) is 0 Å². The predicted octanol–water partition coefficient (Wildman–Crippen LogP) is 3.26. The van der Waals surface area contributed by atoms with Gasteiger partial charge < -0.3 is 14.4 Å². The molecule has 0 atom stereocenters. The molecular weight excluding hydrogens is 306 g/mol. The molecule has 0 aliphatic carbocycles. The number of esters is 1. The third-order valence-corrected chi connectivity index (χ3v) is 3.83. The number of ether oxygens (including phenoxy) is 2. The van der Waals surface area contributed by atoms with E-state index in [4.69, 9.17) is 9.47 Å². The number of rotatable bonds is 5. The lowest BCUT2D eigenvalue weighted by molar-refractivity contribution is -0.133. The number of nitrogens with zero attached hydrogens (tertiary/aromatic N) is 1. The van der Waals surface area contributed by atoms with Crippen LogP contribution in [0.4, 0.5) is 0 Å². The molecule has 24 heavy (non-hydrogen) atoms. The first-order chi connectivity index (χ1) is 11.7. The lowest BCUT2D eigenvalue weighted by Crippen LogP contribution is -2.32. The third-order valence-electron chi connectivity index (χ3n) is 3.83. The first-order valence-corrected chi connectivity index (χ1v) is 8.00. The summed E-state index contributed by atoms with van der Waals surface area (Å²) in [5, 5.41) is 0. The predicted molar refractivity (Wildman–Crippen MR) is 89.1 cm³/mol. The molecular formula is C19H19NO4. The minimum Gasteiger partial charge on any atom is -0.457 e. The zero-order valence-corrected chi connectivity index (χ0v) is 13.3. The van der Waals surface area contributed by atoms with Gasteiger partial charge in [0, 0.05) is 13.1 Å². The number of hydrogen-bond acceptors (Lipinski definition) is 4. The molecule has 1 aliphatic heterocycles. The number of carbonyl (C=O) groups is 2. The number of likely N-dealkylation sites (tertiary alicyclic amines) is 1. The molecule has 1 amide bonds. The monoisotopic (exact) mass is 325 g/mol. The van der Waals surface area contributed by atoms with E-state index in [2.05, 4.69) is 0 Å². The third kappa shape index (κ3) is 4.13. The second-order valence-corrected chi connectivity index (χ2v) is 5.61. The van der Waals surface area contributed by atoms with Gasteiger partial charge in [-0.15, -0.1) is 0 Å². The Bertz CT molecular complexity index is 708. The Labute approximate surface area is 140 Å². The minimum atomic E-state index is -0.527. The van der Waals surface area contributed by atoms with Crippen molar-refractivity contribution in [3.05, 3.63) is 60.2 Å². The average Bonchev–Trinajstić information content (AvgIpc) is 3.15. The van der Waals surface area contributed by atoms with E-state index in [9.17, 15) is 9.59 Å². The van der Waals surface area contributed by atoms with E-state index < -0.39 is 5.97 Å². The summed E-state index contributed by atoms with van der Waals surface area (Å²) in [5.74, 6) is 0.562. The van der Waals surface area contributed by atoms with Crippen molar-refractivity contribution in [2.24, 2.45) is 0 Å². The van der Waals surface area contributed by atoms with Crippen LogP contribution >= 0.6 is 0 Å². The maximum atomic E-state index is 12.1. The van der Waals surface area contributed by atoms with Crippen LogP contribution in [0.25, 0.3) is 0 Å². The van der Waals surface area contributed by atoms with Gasteiger partial charge in [0.25, 0.3) is 5.91 Å². The molecule has 0 unspecified atom stereocenters. The fourth-order valence-corrected chi connectivity index (χ4v) is 2.58. The second kappa shape index (κ2) is 7.64. The van der Waals surface area contributed by atoms with Gasteiger partial charge in [-0.3, -0.25) is 4.79 Å². The molecule has 2 aromatic rings. The van der Waals surface area contributed by atoms with Crippen LogP contribution in [0.3, 0.4) is 0 Å². The maximum absolute atomic E-state index is 12.1. The zero-order valence-electron chi connectivity index (χ0n) is 13.3. The standard InChI is InChI=1S/C19H19NO4/c21-18(20-11-4-5-12-20)14-23-19(22)15-7-6-10-17(13-15)24-16-8-2-1-3-9-16/h1-3,6-10,13H,4-5,11-12,14H2. The first kappa shape index (κ1) is 16.1. The number of hydrogen-bond donors (Lipinski definition) is 0. The van der Waals surface area contributed by atoms with Crippen molar-refractivity contribution in [3.8, 4) is 11.5 Å². The second-order valence-electron chi connectivity index (χ2n) is 5.61. The fourth-order valence-electron chi connectivity index (χ4n) is 2.58. The summed E-state index contributed by atoms with van der Waals surface area (Å²) in [6.07, 6.45) is 2.02. The Balaban J connectivity index is 1.58. The van der Waals surface area contributed by atoms with Crippen molar-refractivity contribution in [2.45, 2.75) is 12.8 Å². The van der Waals surface area contributed by atoms with E-state index in [1.807, 2.05) is 30.3 Å². The van der Waals surface area contributed by atoms with E-state index >= 15 is 0 Å². The van der Waals surface area contributed by atoms with Gasteiger partial charge >= 0.3 is 5.97 Å². The topological polar surface area (TPSA) is 55.8 Å². The van der Waals surface area contributed by atoms with E-state index in [0.29, 0.717) is 17.1 Å². The van der Waals surface area contributed by atoms with E-state index in [-0.39, 0.29) is 12.5 Å². The van der Waals surface area contributed by atoms with Crippen molar-refractivity contribution < 1.29 is 19.1 Å². The lowest BCUT2D eigenvalue weighted by Gasteiger charge is -2.15. The Morgan fingerprint density at radius 2 is 1.62 bits per heavy atom. The van der Waals surface area contributed by atoms with Gasteiger partial charge in [-0.2, -0.15) is 0 Å². The van der Waals surface area contributed by atoms with Gasteiger partial charge in [-0.25, -0.2) is 4.79 Å². The largest absolute Gasteiger partial charge is 0.457 e. The van der Waals surface area contributed by atoms with Crippen molar-refractivity contribution in [3.63, 3.8) is 0 Å². The molecule has 0 saturated carbocycles. The Kier molecular flexibility index (Phi) is 5.11. The Morgan fingerprint density at radius 1 is 0.917 bits per heavy atom. The summed E-state index contributed by atoms with van der Waals surface area (Å²) in [4.78, 5) is 25.8. The average molecular weight is 325 g/mol. The fraction of sp³-hybridized carbons (Fsp3) is 0.263. The molecule has 0 aromatic heterocycles. The van der Waals surface area contributed by atoms with Crippen LogP contribution in [0.5, 0.6) is 11.5 Å². The normalized spacial score (nSPS) is 13.6. The highest BCUT2D eigenvalue weighted by atomic mass is 16.5. The molecule has 0 bridgehead atoms. The van der Waals surface area contributed by atoms with Crippen LogP contribution in [0.2, 0.25) is 0 Å². The van der Waals surface area contributed by atoms with Gasteiger partial charge in [0.15, 0.2) is 6.61 Å². The summed E-state index contributed by atoms with van der Waals surface area (Å²) >= 11 is 0. The van der Waals surface area contributed by atoms with Crippen LogP contribution in [0.1, 0.15) is 23.2 Å². The van der Waals surface area contributed by atoms with Crippen LogP contribution in [-0.4, -0.2) is 36.5 Å². The molecule has 0 radical (unpaired) electrons. The van der Waals surface area contributed by atoms with Crippen LogP contribution in [-0.2, 0) is 9.53 Å². The van der Waals surface area contributed by atoms with Crippen molar-refractivity contribution in [1.29, 1.82) is 0 Å². The minimum absolute atomic E-state index is 0.141. The number of para-hydroxylation sites is 1. The quantitative estimate of drug-likeness (QED) is 0.792. The Morgan fingerprint density at radius 3 is 2.38 bits per heavy atom. The van der Waals surface area contributed by atoms with Gasteiger partial charge in [0.05, 0.1) is 5.56 Å². The van der Waals surface area contributed by atoms with E-state index in [1.165, 1.54) is 0 Å². The summed E-state index contributed by atoms with van der Waals surface area (Å²) < 4.78 is 10.8. The zero-order chi connectivity index (χ0) is 16.8. The van der Waals surface area contributed by atoms with Gasteiger partial charge in [-0.05, 0) is 43.2 Å². The van der Waals surface area contributed by atoms with Crippen LogP contribution < -0.4 is 4.74 Å². The molecule has 1 fully saturated rings. The summed E-state index contributed by atoms with van der Waals surface area (Å²) in [6.45, 7) is 1.27. The van der Waals surface area contributed by atoms with Crippen molar-refractivity contribution in [2.75, 3.05) is 19.7 Å². The smallest absolute Gasteiger partial charge is 0.338 e. The maximum Gasteiger partial charge on any atom is 0.338 e. The molecule has 0 spiro atoms. The highest BCUT2D eigenvalue weighted by Gasteiger charge is 2.19. The van der Waals surface area contributed by atoms with E-state index in [0.717, 1.165) is 25.9 Å². The number of benzene rings is 2. The Hall–Kier alpha value is -2.82. The molecule has 124 valence electrons. The molecule has 1 heterocycles. The molecule has 2 aromatic carbocycles.